The number of hydrogen-bond acceptors (Lipinski definition) is 6. The van der Waals surface area contributed by atoms with Crippen molar-refractivity contribution in [3.63, 3.8) is 0 Å². The second kappa shape index (κ2) is 9.25. The van der Waals surface area contributed by atoms with Gasteiger partial charge in [0.25, 0.3) is 5.91 Å². The Kier molecular flexibility index (Phi) is 6.03. The second-order valence-electron chi connectivity index (χ2n) is 9.00. The van der Waals surface area contributed by atoms with E-state index < -0.39 is 0 Å². The van der Waals surface area contributed by atoms with E-state index in [4.69, 9.17) is 9.97 Å². The van der Waals surface area contributed by atoms with Crippen molar-refractivity contribution in [2.24, 2.45) is 0 Å². The van der Waals surface area contributed by atoms with Gasteiger partial charge < -0.3 is 9.80 Å². The van der Waals surface area contributed by atoms with Crippen LogP contribution in [0.1, 0.15) is 64.1 Å². The van der Waals surface area contributed by atoms with E-state index in [1.54, 1.807) is 12.4 Å². The molecule has 2 aliphatic rings. The molecule has 0 N–H and O–H groups in total. The molecule has 7 heteroatoms. The number of carbonyl (C=O) groups is 1. The van der Waals surface area contributed by atoms with E-state index in [1.165, 1.54) is 11.1 Å². The fourth-order valence-corrected chi connectivity index (χ4v) is 4.91. The van der Waals surface area contributed by atoms with Crippen LogP contribution in [0.3, 0.4) is 0 Å². The fraction of sp³-hybridized carbons (Fsp3) is 0.423. The zero-order valence-electron chi connectivity index (χ0n) is 19.4. The maximum Gasteiger partial charge on any atom is 0.274 e. The van der Waals surface area contributed by atoms with Gasteiger partial charge >= 0.3 is 0 Å². The number of aromatic nitrogens is 4. The van der Waals surface area contributed by atoms with E-state index in [0.717, 1.165) is 68.2 Å². The highest BCUT2D eigenvalue weighted by atomic mass is 16.2. The van der Waals surface area contributed by atoms with Crippen LogP contribution in [0.25, 0.3) is 0 Å². The van der Waals surface area contributed by atoms with Gasteiger partial charge in [-0.15, -0.1) is 0 Å². The van der Waals surface area contributed by atoms with Crippen LogP contribution in [0.15, 0.2) is 42.7 Å². The normalized spacial score (nSPS) is 17.8. The lowest BCUT2D eigenvalue weighted by molar-refractivity contribution is 0.0723. The first-order valence-corrected chi connectivity index (χ1v) is 11.9. The topological polar surface area (TPSA) is 75.1 Å². The van der Waals surface area contributed by atoms with E-state index in [9.17, 15) is 4.79 Å². The molecule has 1 fully saturated rings. The molecular formula is C26H30N6O. The summed E-state index contributed by atoms with van der Waals surface area (Å²) in [5.41, 5.74) is 4.80. The first kappa shape index (κ1) is 21.5. The predicted molar refractivity (Wildman–Crippen MR) is 127 cm³/mol. The number of rotatable bonds is 5. The summed E-state index contributed by atoms with van der Waals surface area (Å²) < 4.78 is 0. The van der Waals surface area contributed by atoms with E-state index in [-0.39, 0.29) is 11.9 Å². The molecular weight excluding hydrogens is 412 g/mol. The van der Waals surface area contributed by atoms with Crippen molar-refractivity contribution in [3.8, 4) is 0 Å². The average Bonchev–Trinajstić information content (AvgIpc) is 3.33. The number of nitrogens with zero attached hydrogens (tertiary/aromatic N) is 6. The third kappa shape index (κ3) is 4.45. The largest absolute Gasteiger partial charge is 0.356 e. The van der Waals surface area contributed by atoms with Gasteiger partial charge in [0, 0.05) is 37.1 Å². The lowest BCUT2D eigenvalue weighted by atomic mass is 10.0. The molecule has 1 aromatic carbocycles. The Bertz CT molecular complexity index is 1130. The number of likely N-dealkylation sites (tertiary alicyclic amines) is 1. The van der Waals surface area contributed by atoms with Gasteiger partial charge in [0.1, 0.15) is 11.5 Å². The van der Waals surface area contributed by atoms with E-state index in [2.05, 4.69) is 52.1 Å². The molecule has 0 bridgehead atoms. The number of amides is 1. The molecule has 0 spiro atoms. The van der Waals surface area contributed by atoms with E-state index in [0.29, 0.717) is 12.2 Å². The van der Waals surface area contributed by atoms with Crippen LogP contribution < -0.4 is 4.90 Å². The summed E-state index contributed by atoms with van der Waals surface area (Å²) in [6.07, 6.45) is 8.12. The molecule has 0 unspecified atom stereocenters. The maximum atomic E-state index is 13.2. The summed E-state index contributed by atoms with van der Waals surface area (Å²) in [5.74, 6) is 1.71. The van der Waals surface area contributed by atoms with Crippen molar-refractivity contribution in [1.82, 2.24) is 24.8 Å². The Labute approximate surface area is 194 Å². The zero-order chi connectivity index (χ0) is 22.8. The molecule has 2 aliphatic heterocycles. The van der Waals surface area contributed by atoms with Crippen molar-refractivity contribution in [3.05, 3.63) is 76.8 Å². The van der Waals surface area contributed by atoms with Crippen LogP contribution in [0.4, 0.5) is 5.82 Å². The average molecular weight is 443 g/mol. The third-order valence-electron chi connectivity index (χ3n) is 6.69. The summed E-state index contributed by atoms with van der Waals surface area (Å²) in [5, 5.41) is 0. The molecule has 1 saturated heterocycles. The van der Waals surface area contributed by atoms with Crippen LogP contribution in [-0.4, -0.2) is 50.4 Å². The number of hydrogen-bond donors (Lipinski definition) is 0. The molecule has 170 valence electrons. The quantitative estimate of drug-likeness (QED) is 0.597. The molecule has 33 heavy (non-hydrogen) atoms. The second-order valence-corrected chi connectivity index (χ2v) is 9.00. The molecule has 0 saturated carbocycles. The Morgan fingerprint density at radius 2 is 1.88 bits per heavy atom. The number of fused-ring (bicyclic) bond motifs is 1. The fourth-order valence-electron chi connectivity index (χ4n) is 4.91. The summed E-state index contributed by atoms with van der Waals surface area (Å²) in [7, 11) is 0. The lowest BCUT2D eigenvalue weighted by Crippen LogP contribution is -2.35. The lowest BCUT2D eigenvalue weighted by Gasteiger charge is -2.32. The first-order valence-electron chi connectivity index (χ1n) is 11.9. The van der Waals surface area contributed by atoms with E-state index in [1.807, 2.05) is 11.8 Å². The van der Waals surface area contributed by atoms with Gasteiger partial charge in [-0.05, 0) is 51.5 Å². The Balaban J connectivity index is 1.41. The van der Waals surface area contributed by atoms with Gasteiger partial charge in [-0.2, -0.15) is 0 Å². The van der Waals surface area contributed by atoms with Gasteiger partial charge in [0.05, 0.1) is 17.9 Å². The highest BCUT2D eigenvalue weighted by molar-refractivity contribution is 5.92. The van der Waals surface area contributed by atoms with Crippen molar-refractivity contribution in [2.45, 2.75) is 52.0 Å². The van der Waals surface area contributed by atoms with Gasteiger partial charge in [0.2, 0.25) is 0 Å². The third-order valence-corrected chi connectivity index (χ3v) is 6.69. The Morgan fingerprint density at radius 1 is 1.03 bits per heavy atom. The predicted octanol–water partition coefficient (Wildman–Crippen LogP) is 3.86. The van der Waals surface area contributed by atoms with Crippen molar-refractivity contribution in [1.29, 1.82) is 0 Å². The standard InChI is InChI=1S/C26H30N6O/c1-18-16-28-22(17-27-18)26(33)32-14-7-11-23(32)24-29-19(2)21-10-6-13-31(25(21)30-24)15-12-20-8-4-3-5-9-20/h3-5,8-9,16-17,23H,6-7,10-15H2,1-2H3/t23-/m0/s1. The number of benzene rings is 1. The summed E-state index contributed by atoms with van der Waals surface area (Å²) >= 11 is 0. The number of aryl methyl sites for hydroxylation is 2. The Hall–Kier alpha value is -3.35. The zero-order valence-corrected chi connectivity index (χ0v) is 19.4. The molecule has 0 radical (unpaired) electrons. The highest BCUT2D eigenvalue weighted by Gasteiger charge is 2.34. The SMILES string of the molecule is Cc1cnc(C(=O)N2CCC[C@H]2c2nc(C)c3c(n2)N(CCc2ccccc2)CCC3)cn1. The van der Waals surface area contributed by atoms with Gasteiger partial charge in [-0.3, -0.25) is 9.78 Å². The van der Waals surface area contributed by atoms with E-state index >= 15 is 0 Å². The van der Waals surface area contributed by atoms with Crippen molar-refractivity contribution in [2.75, 3.05) is 24.5 Å². The van der Waals surface area contributed by atoms with Gasteiger partial charge in [-0.25, -0.2) is 15.0 Å². The molecule has 7 nitrogen and oxygen atoms in total. The molecule has 0 aliphatic carbocycles. The van der Waals surface area contributed by atoms with Crippen molar-refractivity contribution < 1.29 is 4.79 Å². The molecule has 3 aromatic rings. The number of anilines is 1. The molecule has 1 atom stereocenters. The van der Waals surface area contributed by atoms with Crippen LogP contribution in [0.2, 0.25) is 0 Å². The van der Waals surface area contributed by atoms with Crippen molar-refractivity contribution >= 4 is 11.7 Å². The number of carbonyl (C=O) groups excluding carboxylic acids is 1. The minimum Gasteiger partial charge on any atom is -0.356 e. The van der Waals surface area contributed by atoms with Crippen LogP contribution in [0, 0.1) is 13.8 Å². The smallest absolute Gasteiger partial charge is 0.274 e. The molecule has 4 heterocycles. The monoisotopic (exact) mass is 442 g/mol. The van der Waals surface area contributed by atoms with Gasteiger partial charge in [0.15, 0.2) is 5.82 Å². The Morgan fingerprint density at radius 3 is 2.67 bits per heavy atom. The van der Waals surface area contributed by atoms with Crippen LogP contribution in [-0.2, 0) is 12.8 Å². The maximum absolute atomic E-state index is 13.2. The summed E-state index contributed by atoms with van der Waals surface area (Å²) in [6.45, 7) is 6.57. The first-order chi connectivity index (χ1) is 16.1. The molecule has 1 amide bonds. The minimum atomic E-state index is -0.123. The summed E-state index contributed by atoms with van der Waals surface area (Å²) in [4.78, 5) is 36.0. The molecule has 5 rings (SSSR count). The van der Waals surface area contributed by atoms with Crippen LogP contribution in [0.5, 0.6) is 0 Å². The molecule has 2 aromatic heterocycles. The van der Waals surface area contributed by atoms with Gasteiger partial charge in [-0.1, -0.05) is 30.3 Å². The summed E-state index contributed by atoms with van der Waals surface area (Å²) in [6, 6.07) is 10.5. The minimum absolute atomic E-state index is 0.0927. The highest BCUT2D eigenvalue weighted by Crippen LogP contribution is 2.35. The van der Waals surface area contributed by atoms with Crippen LogP contribution >= 0.6 is 0 Å².